The van der Waals surface area contributed by atoms with Crippen LogP contribution in [-0.2, 0) is 17.9 Å². The van der Waals surface area contributed by atoms with Crippen molar-refractivity contribution >= 4 is 11.6 Å². The van der Waals surface area contributed by atoms with Gasteiger partial charge >= 0.3 is 0 Å². The van der Waals surface area contributed by atoms with Crippen molar-refractivity contribution in [2.45, 2.75) is 25.9 Å². The molecule has 0 saturated carbocycles. The third kappa shape index (κ3) is 5.99. The maximum atomic E-state index is 13.2. The lowest BCUT2D eigenvalue weighted by molar-refractivity contribution is -0.118. The predicted octanol–water partition coefficient (Wildman–Crippen LogP) is 4.94. The van der Waals surface area contributed by atoms with Crippen LogP contribution in [0.15, 0.2) is 95.8 Å². The number of hydrogen-bond donors (Lipinski definition) is 0. The molecule has 0 aliphatic carbocycles. The van der Waals surface area contributed by atoms with Gasteiger partial charge in [0.05, 0.1) is 26.5 Å². The van der Waals surface area contributed by atoms with Crippen LogP contribution in [0.5, 0.6) is 11.5 Å². The Labute approximate surface area is 210 Å². The van der Waals surface area contributed by atoms with E-state index in [-0.39, 0.29) is 17.9 Å². The van der Waals surface area contributed by atoms with Gasteiger partial charge in [0.2, 0.25) is 5.91 Å². The van der Waals surface area contributed by atoms with Crippen molar-refractivity contribution in [1.82, 2.24) is 9.78 Å². The highest BCUT2D eigenvalue weighted by atomic mass is 16.5. The molecule has 0 radical (unpaired) electrons. The van der Waals surface area contributed by atoms with E-state index in [1.54, 1.807) is 31.3 Å². The molecule has 184 valence electrons. The van der Waals surface area contributed by atoms with Crippen LogP contribution in [-0.4, -0.2) is 29.9 Å². The number of hydrogen-bond acceptors (Lipinski definition) is 5. The van der Waals surface area contributed by atoms with Gasteiger partial charge < -0.3 is 14.4 Å². The number of carbonyl (C=O) groups is 1. The van der Waals surface area contributed by atoms with Crippen LogP contribution >= 0.6 is 0 Å². The first-order valence-corrected chi connectivity index (χ1v) is 11.8. The van der Waals surface area contributed by atoms with Crippen LogP contribution in [0.25, 0.3) is 11.3 Å². The van der Waals surface area contributed by atoms with Crippen molar-refractivity contribution in [1.29, 1.82) is 0 Å². The van der Waals surface area contributed by atoms with Crippen molar-refractivity contribution in [2.24, 2.45) is 0 Å². The molecule has 4 rings (SSSR count). The summed E-state index contributed by atoms with van der Waals surface area (Å²) in [5.41, 5.74) is 3.12. The van der Waals surface area contributed by atoms with E-state index in [1.165, 1.54) is 10.7 Å². The summed E-state index contributed by atoms with van der Waals surface area (Å²) in [5, 5.41) is 4.52. The Kier molecular flexibility index (Phi) is 8.13. The molecule has 1 aromatic heterocycles. The lowest BCUT2D eigenvalue weighted by Gasteiger charge is -2.23. The summed E-state index contributed by atoms with van der Waals surface area (Å²) in [6.07, 6.45) is 0.773. The molecule has 0 saturated heterocycles. The molecule has 1 amide bonds. The number of carbonyl (C=O) groups excluding carboxylic acids is 1. The molecule has 0 spiro atoms. The molecule has 0 fully saturated rings. The standard InChI is InChI=1S/C29H29N3O4/c1-35-26-17-15-23(20-27(26)36-2)25-16-18-29(34)32(30-25)19-9-14-28(33)31(24-12-7-4-8-13-24)21-22-10-5-3-6-11-22/h3-8,10-13,15-18,20H,9,14,19,21H2,1-2H3. The quantitative estimate of drug-likeness (QED) is 0.319. The predicted molar refractivity (Wildman–Crippen MR) is 140 cm³/mol. The number of ether oxygens (including phenoxy) is 2. The molecule has 7 heteroatoms. The fourth-order valence-corrected chi connectivity index (χ4v) is 3.97. The Balaban J connectivity index is 1.47. The second-order valence-electron chi connectivity index (χ2n) is 8.25. The van der Waals surface area contributed by atoms with Gasteiger partial charge in [-0.3, -0.25) is 9.59 Å². The van der Waals surface area contributed by atoms with E-state index in [0.29, 0.717) is 36.7 Å². The molecule has 0 unspecified atom stereocenters. The number of anilines is 1. The number of amides is 1. The van der Waals surface area contributed by atoms with Crippen LogP contribution in [0.4, 0.5) is 5.69 Å². The summed E-state index contributed by atoms with van der Waals surface area (Å²) >= 11 is 0. The molecule has 1 heterocycles. The van der Waals surface area contributed by atoms with E-state index < -0.39 is 0 Å². The van der Waals surface area contributed by atoms with E-state index >= 15 is 0 Å². The van der Waals surface area contributed by atoms with Crippen LogP contribution in [0.1, 0.15) is 18.4 Å². The molecule has 7 nitrogen and oxygen atoms in total. The number of benzene rings is 3. The van der Waals surface area contributed by atoms with Crippen molar-refractivity contribution in [3.63, 3.8) is 0 Å². The number of methoxy groups -OCH3 is 2. The van der Waals surface area contributed by atoms with Crippen molar-refractivity contribution in [2.75, 3.05) is 19.1 Å². The summed E-state index contributed by atoms with van der Waals surface area (Å²) in [6, 6.07) is 28.2. The summed E-state index contributed by atoms with van der Waals surface area (Å²) in [7, 11) is 3.15. The molecular formula is C29H29N3O4. The highest BCUT2D eigenvalue weighted by Crippen LogP contribution is 2.31. The van der Waals surface area contributed by atoms with Crippen LogP contribution < -0.4 is 19.9 Å². The van der Waals surface area contributed by atoms with Crippen molar-refractivity contribution in [3.05, 3.63) is 107 Å². The molecule has 0 aliphatic heterocycles. The fraction of sp³-hybridized carbons (Fsp3) is 0.207. The summed E-state index contributed by atoms with van der Waals surface area (Å²) in [6.45, 7) is 0.816. The maximum absolute atomic E-state index is 13.2. The van der Waals surface area contributed by atoms with Gasteiger partial charge in [-0.05, 0) is 48.4 Å². The van der Waals surface area contributed by atoms with Crippen LogP contribution in [0, 0.1) is 0 Å². The van der Waals surface area contributed by atoms with Gasteiger partial charge in [-0.25, -0.2) is 4.68 Å². The molecule has 36 heavy (non-hydrogen) atoms. The molecular weight excluding hydrogens is 454 g/mol. The van der Waals surface area contributed by atoms with Gasteiger partial charge in [0.25, 0.3) is 5.56 Å². The molecule has 0 atom stereocenters. The molecule has 0 bridgehead atoms. The van der Waals surface area contributed by atoms with Gasteiger partial charge in [-0.15, -0.1) is 0 Å². The first-order chi connectivity index (χ1) is 17.6. The van der Waals surface area contributed by atoms with E-state index in [1.807, 2.05) is 72.8 Å². The fourth-order valence-electron chi connectivity index (χ4n) is 3.97. The van der Waals surface area contributed by atoms with Gasteiger partial charge in [0, 0.05) is 30.3 Å². The van der Waals surface area contributed by atoms with E-state index in [4.69, 9.17) is 9.47 Å². The lowest BCUT2D eigenvalue weighted by atomic mass is 10.1. The zero-order chi connectivity index (χ0) is 25.3. The van der Waals surface area contributed by atoms with Crippen molar-refractivity contribution in [3.8, 4) is 22.8 Å². The minimum absolute atomic E-state index is 0.00542. The smallest absolute Gasteiger partial charge is 0.266 e. The second-order valence-corrected chi connectivity index (χ2v) is 8.25. The summed E-state index contributed by atoms with van der Waals surface area (Å²) in [4.78, 5) is 27.5. The van der Waals surface area contributed by atoms with Gasteiger partial charge in [0.1, 0.15) is 0 Å². The third-order valence-electron chi connectivity index (χ3n) is 5.86. The Bertz CT molecular complexity index is 1350. The number of aromatic nitrogens is 2. The molecule has 0 N–H and O–H groups in total. The van der Waals surface area contributed by atoms with Crippen molar-refractivity contribution < 1.29 is 14.3 Å². The number of rotatable bonds is 10. The first-order valence-electron chi connectivity index (χ1n) is 11.8. The Morgan fingerprint density at radius 2 is 1.56 bits per heavy atom. The molecule has 0 aliphatic rings. The summed E-state index contributed by atoms with van der Waals surface area (Å²) < 4.78 is 12.1. The average molecular weight is 484 g/mol. The topological polar surface area (TPSA) is 73.7 Å². The normalized spacial score (nSPS) is 10.6. The zero-order valence-electron chi connectivity index (χ0n) is 20.5. The monoisotopic (exact) mass is 483 g/mol. The molecule has 3 aromatic carbocycles. The lowest BCUT2D eigenvalue weighted by Crippen LogP contribution is -2.31. The second kappa shape index (κ2) is 11.8. The highest BCUT2D eigenvalue weighted by molar-refractivity contribution is 5.93. The number of nitrogens with zero attached hydrogens (tertiary/aromatic N) is 3. The summed E-state index contributed by atoms with van der Waals surface area (Å²) in [5.74, 6) is 1.19. The number of para-hydroxylation sites is 1. The Morgan fingerprint density at radius 1 is 0.861 bits per heavy atom. The Morgan fingerprint density at radius 3 is 2.25 bits per heavy atom. The van der Waals surface area contributed by atoms with Crippen LogP contribution in [0.3, 0.4) is 0 Å². The number of aryl methyl sites for hydroxylation is 1. The maximum Gasteiger partial charge on any atom is 0.266 e. The largest absolute Gasteiger partial charge is 0.493 e. The van der Waals surface area contributed by atoms with E-state index in [0.717, 1.165) is 16.8 Å². The van der Waals surface area contributed by atoms with E-state index in [2.05, 4.69) is 5.10 Å². The minimum atomic E-state index is -0.212. The van der Waals surface area contributed by atoms with Gasteiger partial charge in [-0.1, -0.05) is 48.5 Å². The van der Waals surface area contributed by atoms with Gasteiger partial charge in [0.15, 0.2) is 11.5 Å². The first kappa shape index (κ1) is 24.7. The highest BCUT2D eigenvalue weighted by Gasteiger charge is 2.16. The minimum Gasteiger partial charge on any atom is -0.493 e. The zero-order valence-corrected chi connectivity index (χ0v) is 20.5. The van der Waals surface area contributed by atoms with Crippen LogP contribution in [0.2, 0.25) is 0 Å². The SMILES string of the molecule is COc1ccc(-c2ccc(=O)n(CCCC(=O)N(Cc3ccccc3)c3ccccc3)n2)cc1OC. The average Bonchev–Trinajstić information content (AvgIpc) is 2.93. The van der Waals surface area contributed by atoms with Gasteiger partial charge in [-0.2, -0.15) is 5.10 Å². The molecule has 4 aromatic rings. The van der Waals surface area contributed by atoms with E-state index in [9.17, 15) is 9.59 Å². The third-order valence-corrected chi connectivity index (χ3v) is 5.86. The Hall–Kier alpha value is -4.39.